The molecule has 0 saturated heterocycles. The van der Waals surface area contributed by atoms with E-state index in [9.17, 15) is 9.90 Å². The van der Waals surface area contributed by atoms with E-state index >= 15 is 0 Å². The van der Waals surface area contributed by atoms with Crippen LogP contribution in [0.15, 0.2) is 0 Å². The number of hydrogen-bond acceptors (Lipinski definition) is 2. The van der Waals surface area contributed by atoms with E-state index in [2.05, 4.69) is 5.32 Å². The van der Waals surface area contributed by atoms with Gasteiger partial charge in [-0.2, -0.15) is 0 Å². The van der Waals surface area contributed by atoms with Gasteiger partial charge in [0.1, 0.15) is 0 Å². The third-order valence-electron chi connectivity index (χ3n) is 4.36. The average molecular weight is 225 g/mol. The summed E-state index contributed by atoms with van der Waals surface area (Å²) < 4.78 is 0. The molecule has 92 valence electrons. The predicted molar refractivity (Wildman–Crippen MR) is 62.9 cm³/mol. The fraction of sp³-hybridized carbons (Fsp3) is 0.923. The monoisotopic (exact) mass is 225 g/mol. The summed E-state index contributed by atoms with van der Waals surface area (Å²) in [7, 11) is 0. The quantitative estimate of drug-likeness (QED) is 0.765. The molecule has 0 bridgehead atoms. The lowest BCUT2D eigenvalue weighted by atomic mass is 10.0. The molecule has 0 aromatic rings. The van der Waals surface area contributed by atoms with Crippen LogP contribution >= 0.6 is 0 Å². The van der Waals surface area contributed by atoms with Crippen molar-refractivity contribution in [3.63, 3.8) is 0 Å². The minimum Gasteiger partial charge on any atom is -0.388 e. The Labute approximate surface area is 97.6 Å². The number of carbonyl (C=O) groups is 1. The van der Waals surface area contributed by atoms with Crippen LogP contribution in [-0.4, -0.2) is 23.2 Å². The maximum atomic E-state index is 11.9. The lowest BCUT2D eigenvalue weighted by molar-refractivity contribution is -0.124. The highest BCUT2D eigenvalue weighted by molar-refractivity contribution is 5.82. The van der Waals surface area contributed by atoms with Gasteiger partial charge in [-0.15, -0.1) is 0 Å². The molecule has 2 aliphatic rings. The Morgan fingerprint density at radius 2 is 1.94 bits per heavy atom. The number of hydrogen-bond donors (Lipinski definition) is 2. The van der Waals surface area contributed by atoms with Gasteiger partial charge < -0.3 is 10.4 Å². The molecule has 2 N–H and O–H groups in total. The second kappa shape index (κ2) is 4.36. The van der Waals surface area contributed by atoms with Crippen LogP contribution in [0.4, 0.5) is 0 Å². The topological polar surface area (TPSA) is 49.3 Å². The first-order chi connectivity index (χ1) is 7.55. The van der Waals surface area contributed by atoms with Crippen molar-refractivity contribution >= 4 is 5.91 Å². The summed E-state index contributed by atoms with van der Waals surface area (Å²) >= 11 is 0. The number of nitrogens with one attached hydrogen (secondary N) is 1. The molecule has 0 aliphatic heterocycles. The molecule has 0 aromatic heterocycles. The number of aliphatic hydroxyl groups is 1. The van der Waals surface area contributed by atoms with E-state index < -0.39 is 5.60 Å². The smallest absolute Gasteiger partial charge is 0.223 e. The maximum absolute atomic E-state index is 11.9. The molecule has 3 nitrogen and oxygen atoms in total. The van der Waals surface area contributed by atoms with Gasteiger partial charge in [-0.1, -0.05) is 19.8 Å². The molecule has 16 heavy (non-hydrogen) atoms. The molecule has 3 heteroatoms. The molecular formula is C13H23NO2. The van der Waals surface area contributed by atoms with Crippen LogP contribution in [-0.2, 0) is 4.79 Å². The maximum Gasteiger partial charge on any atom is 0.223 e. The summed E-state index contributed by atoms with van der Waals surface area (Å²) in [5.41, 5.74) is -0.754. The molecule has 0 radical (unpaired) electrons. The Balaban J connectivity index is 1.77. The van der Waals surface area contributed by atoms with Gasteiger partial charge in [-0.25, -0.2) is 0 Å². The van der Waals surface area contributed by atoms with Crippen molar-refractivity contribution in [3.05, 3.63) is 0 Å². The zero-order valence-electron chi connectivity index (χ0n) is 10.3. The molecule has 0 aromatic carbocycles. The largest absolute Gasteiger partial charge is 0.388 e. The van der Waals surface area contributed by atoms with Crippen molar-refractivity contribution in [1.82, 2.24) is 5.32 Å². The van der Waals surface area contributed by atoms with Crippen LogP contribution in [0.3, 0.4) is 0 Å². The molecule has 1 amide bonds. The lowest BCUT2D eigenvalue weighted by Crippen LogP contribution is -2.41. The molecule has 2 rings (SSSR count). The fourth-order valence-electron chi connectivity index (χ4n) is 2.90. The molecule has 2 fully saturated rings. The van der Waals surface area contributed by atoms with Crippen molar-refractivity contribution in [2.45, 2.75) is 51.6 Å². The van der Waals surface area contributed by atoms with Crippen LogP contribution in [0.2, 0.25) is 0 Å². The Kier molecular flexibility index (Phi) is 3.24. The normalized spacial score (nSPS) is 36.1. The first kappa shape index (κ1) is 11.9. The molecule has 3 atom stereocenters. The van der Waals surface area contributed by atoms with Crippen LogP contribution in [0.1, 0.15) is 46.0 Å². The van der Waals surface area contributed by atoms with E-state index in [4.69, 9.17) is 0 Å². The predicted octanol–water partition coefficient (Wildman–Crippen LogP) is 1.70. The van der Waals surface area contributed by atoms with E-state index in [1.807, 2.05) is 6.92 Å². The Morgan fingerprint density at radius 1 is 1.38 bits per heavy atom. The van der Waals surface area contributed by atoms with Crippen LogP contribution < -0.4 is 5.32 Å². The number of amides is 1. The van der Waals surface area contributed by atoms with E-state index in [0.29, 0.717) is 24.8 Å². The Bertz CT molecular complexity index is 263. The molecule has 2 aliphatic carbocycles. The Morgan fingerprint density at radius 3 is 2.44 bits per heavy atom. The van der Waals surface area contributed by atoms with Gasteiger partial charge in [0.2, 0.25) is 5.91 Å². The summed E-state index contributed by atoms with van der Waals surface area (Å²) in [4.78, 5) is 11.9. The Hall–Kier alpha value is -0.570. The standard InChI is InChI=1S/C13H23NO2/c1-3-13(2,16)8-14-12(15)11-9-6-4-5-7-10(9)11/h9-11,16H,3-8H2,1-2H3,(H,14,15). The minimum atomic E-state index is -0.754. The van der Waals surface area contributed by atoms with Crippen LogP contribution in [0.5, 0.6) is 0 Å². The van der Waals surface area contributed by atoms with Crippen molar-refractivity contribution < 1.29 is 9.90 Å². The van der Waals surface area contributed by atoms with Gasteiger partial charge in [0.25, 0.3) is 0 Å². The molecule has 3 unspecified atom stereocenters. The number of carbonyl (C=O) groups excluding carboxylic acids is 1. The lowest BCUT2D eigenvalue weighted by Gasteiger charge is -2.21. The third-order valence-corrected chi connectivity index (χ3v) is 4.36. The molecular weight excluding hydrogens is 202 g/mol. The summed E-state index contributed by atoms with van der Waals surface area (Å²) in [5, 5.41) is 12.7. The molecule has 0 heterocycles. The average Bonchev–Trinajstić information content (AvgIpc) is 3.00. The second-order valence-corrected chi connectivity index (χ2v) is 5.71. The third kappa shape index (κ3) is 2.40. The molecule has 0 spiro atoms. The first-order valence-corrected chi connectivity index (χ1v) is 6.55. The van der Waals surface area contributed by atoms with E-state index in [0.717, 1.165) is 0 Å². The van der Waals surface area contributed by atoms with Gasteiger partial charge in [0, 0.05) is 12.5 Å². The summed E-state index contributed by atoms with van der Waals surface area (Å²) in [6, 6.07) is 0. The van der Waals surface area contributed by atoms with Gasteiger partial charge in [-0.05, 0) is 38.0 Å². The highest BCUT2D eigenvalue weighted by atomic mass is 16.3. The van der Waals surface area contributed by atoms with E-state index in [1.165, 1.54) is 25.7 Å². The molecule has 2 saturated carbocycles. The fourth-order valence-corrected chi connectivity index (χ4v) is 2.90. The van der Waals surface area contributed by atoms with Crippen LogP contribution in [0.25, 0.3) is 0 Å². The SMILES string of the molecule is CCC(C)(O)CNC(=O)C1C2CCCCC21. The van der Waals surface area contributed by atoms with Gasteiger partial charge >= 0.3 is 0 Å². The first-order valence-electron chi connectivity index (χ1n) is 6.55. The van der Waals surface area contributed by atoms with Crippen molar-refractivity contribution in [2.24, 2.45) is 17.8 Å². The van der Waals surface area contributed by atoms with Crippen molar-refractivity contribution in [1.29, 1.82) is 0 Å². The van der Waals surface area contributed by atoms with Crippen LogP contribution in [0, 0.1) is 17.8 Å². The van der Waals surface area contributed by atoms with E-state index in [1.54, 1.807) is 6.92 Å². The zero-order chi connectivity index (χ0) is 11.8. The van der Waals surface area contributed by atoms with E-state index in [-0.39, 0.29) is 11.8 Å². The second-order valence-electron chi connectivity index (χ2n) is 5.71. The number of fused-ring (bicyclic) bond motifs is 1. The summed E-state index contributed by atoms with van der Waals surface area (Å²) in [5.74, 6) is 1.74. The van der Waals surface area contributed by atoms with Gasteiger partial charge in [-0.3, -0.25) is 4.79 Å². The van der Waals surface area contributed by atoms with Crippen molar-refractivity contribution in [3.8, 4) is 0 Å². The number of rotatable bonds is 4. The summed E-state index contributed by atoms with van der Waals surface area (Å²) in [6.45, 7) is 4.09. The summed E-state index contributed by atoms with van der Waals surface area (Å²) in [6.07, 6.45) is 5.71. The highest BCUT2D eigenvalue weighted by Crippen LogP contribution is 2.55. The van der Waals surface area contributed by atoms with Gasteiger partial charge in [0.15, 0.2) is 0 Å². The minimum absolute atomic E-state index is 0.172. The van der Waals surface area contributed by atoms with Gasteiger partial charge in [0.05, 0.1) is 5.60 Å². The van der Waals surface area contributed by atoms with Crippen molar-refractivity contribution in [2.75, 3.05) is 6.54 Å². The zero-order valence-corrected chi connectivity index (χ0v) is 10.3. The highest BCUT2D eigenvalue weighted by Gasteiger charge is 2.54.